The normalized spacial score (nSPS) is 15.9. The first-order valence-corrected chi connectivity index (χ1v) is 11.8. The number of nitrogens with zero attached hydrogens (tertiary/aromatic N) is 2. The van der Waals surface area contributed by atoms with E-state index < -0.39 is 9.84 Å². The maximum atomic E-state index is 11.4. The van der Waals surface area contributed by atoms with Crippen molar-refractivity contribution < 1.29 is 18.0 Å². The summed E-state index contributed by atoms with van der Waals surface area (Å²) in [5.74, 6) is 1.16. The highest BCUT2D eigenvalue weighted by atomic mass is 32.2. The molecule has 9 heteroatoms. The largest absolute Gasteiger partial charge is 0.506 e. The van der Waals surface area contributed by atoms with Crippen LogP contribution in [0.5, 0.6) is 5.75 Å². The number of nitrogens with one attached hydrogen (secondary N) is 2. The van der Waals surface area contributed by atoms with Crippen molar-refractivity contribution in [1.29, 1.82) is 0 Å². The quantitative estimate of drug-likeness (QED) is 0.492. The van der Waals surface area contributed by atoms with E-state index in [2.05, 4.69) is 26.8 Å². The number of phenols is 1. The molecule has 30 heavy (non-hydrogen) atoms. The standard InChI is InChI=1S/C21H24N4O4S/c1-22-18-12-13(6-9-19(18)26)21-24-20(25-29-21)16-5-3-4-15-14(16)7-8-17(15)23-10-11-30(2,27)28/h3-6,9,12,17,22-23,26H,7-8,10-11H2,1-2H3. The average Bonchev–Trinajstić information content (AvgIpc) is 3.35. The Labute approximate surface area is 175 Å². The van der Waals surface area contributed by atoms with Crippen LogP contribution in [-0.4, -0.2) is 49.3 Å². The summed E-state index contributed by atoms with van der Waals surface area (Å²) >= 11 is 0. The fourth-order valence-corrected chi connectivity index (χ4v) is 4.30. The molecule has 8 nitrogen and oxygen atoms in total. The predicted octanol–water partition coefficient (Wildman–Crippen LogP) is 2.77. The van der Waals surface area contributed by atoms with Crippen molar-refractivity contribution >= 4 is 15.5 Å². The number of sulfone groups is 1. The second kappa shape index (κ2) is 8.08. The molecular weight excluding hydrogens is 404 g/mol. The van der Waals surface area contributed by atoms with Crippen LogP contribution in [0.2, 0.25) is 0 Å². The van der Waals surface area contributed by atoms with E-state index in [9.17, 15) is 13.5 Å². The number of aromatic hydroxyl groups is 1. The number of aromatic nitrogens is 2. The molecule has 158 valence electrons. The van der Waals surface area contributed by atoms with Crippen molar-refractivity contribution in [3.8, 4) is 28.6 Å². The van der Waals surface area contributed by atoms with Crippen LogP contribution in [0.4, 0.5) is 5.69 Å². The van der Waals surface area contributed by atoms with E-state index in [-0.39, 0.29) is 17.5 Å². The maximum Gasteiger partial charge on any atom is 0.258 e. The third-order valence-corrected chi connectivity index (χ3v) is 6.26. The van der Waals surface area contributed by atoms with E-state index >= 15 is 0 Å². The molecule has 2 aromatic carbocycles. The van der Waals surface area contributed by atoms with E-state index in [1.165, 1.54) is 6.26 Å². The fraction of sp³-hybridized carbons (Fsp3) is 0.333. The lowest BCUT2D eigenvalue weighted by molar-refractivity contribution is 0.432. The van der Waals surface area contributed by atoms with Crippen molar-refractivity contribution in [2.45, 2.75) is 18.9 Å². The number of benzene rings is 2. The Morgan fingerprint density at radius 1 is 1.27 bits per heavy atom. The zero-order valence-corrected chi connectivity index (χ0v) is 17.7. The Hall–Kier alpha value is -2.91. The van der Waals surface area contributed by atoms with Crippen LogP contribution in [0.3, 0.4) is 0 Å². The molecule has 1 aromatic heterocycles. The number of hydrogen-bond acceptors (Lipinski definition) is 8. The minimum atomic E-state index is -2.99. The Kier molecular flexibility index (Phi) is 5.48. The van der Waals surface area contributed by atoms with Crippen LogP contribution < -0.4 is 10.6 Å². The van der Waals surface area contributed by atoms with Gasteiger partial charge < -0.3 is 20.3 Å². The number of hydrogen-bond donors (Lipinski definition) is 3. The Morgan fingerprint density at radius 2 is 2.10 bits per heavy atom. The van der Waals surface area contributed by atoms with Gasteiger partial charge in [-0.1, -0.05) is 23.4 Å². The molecular formula is C21H24N4O4S. The molecule has 0 amide bonds. The van der Waals surface area contributed by atoms with E-state index in [1.807, 2.05) is 12.1 Å². The number of anilines is 1. The van der Waals surface area contributed by atoms with Gasteiger partial charge in [-0.2, -0.15) is 4.98 Å². The van der Waals surface area contributed by atoms with E-state index in [1.54, 1.807) is 25.2 Å². The number of fused-ring (bicyclic) bond motifs is 1. The summed E-state index contributed by atoms with van der Waals surface area (Å²) in [5.41, 5.74) is 4.51. The molecule has 1 atom stereocenters. The summed E-state index contributed by atoms with van der Waals surface area (Å²) in [4.78, 5) is 4.57. The predicted molar refractivity (Wildman–Crippen MR) is 115 cm³/mol. The van der Waals surface area contributed by atoms with Crippen molar-refractivity contribution in [1.82, 2.24) is 15.5 Å². The van der Waals surface area contributed by atoms with Crippen molar-refractivity contribution in [2.24, 2.45) is 0 Å². The van der Waals surface area contributed by atoms with Crippen LogP contribution >= 0.6 is 0 Å². The first-order chi connectivity index (χ1) is 14.4. The molecule has 0 saturated heterocycles. The summed E-state index contributed by atoms with van der Waals surface area (Å²) in [6, 6.07) is 11.2. The molecule has 1 aliphatic rings. The first-order valence-electron chi connectivity index (χ1n) is 9.74. The van der Waals surface area contributed by atoms with Gasteiger partial charge >= 0.3 is 0 Å². The van der Waals surface area contributed by atoms with Gasteiger partial charge in [0.2, 0.25) is 5.82 Å². The Bertz CT molecular complexity index is 1170. The van der Waals surface area contributed by atoms with E-state index in [4.69, 9.17) is 4.52 Å². The molecule has 0 fully saturated rings. The zero-order chi connectivity index (χ0) is 21.3. The Morgan fingerprint density at radius 3 is 2.87 bits per heavy atom. The SMILES string of the molecule is CNc1cc(-c2nc(-c3cccc4c3CCC4NCCS(C)(=O)=O)no2)ccc1O. The highest BCUT2D eigenvalue weighted by Crippen LogP contribution is 2.37. The van der Waals surface area contributed by atoms with Gasteiger partial charge in [-0.15, -0.1) is 0 Å². The van der Waals surface area contributed by atoms with Crippen LogP contribution in [0.1, 0.15) is 23.6 Å². The van der Waals surface area contributed by atoms with Gasteiger partial charge in [0.1, 0.15) is 15.6 Å². The van der Waals surface area contributed by atoms with Gasteiger partial charge in [0, 0.05) is 37.0 Å². The molecule has 0 bridgehead atoms. The lowest BCUT2D eigenvalue weighted by Gasteiger charge is -2.14. The second-order valence-electron chi connectivity index (χ2n) is 7.45. The summed E-state index contributed by atoms with van der Waals surface area (Å²) in [7, 11) is -1.26. The molecule has 4 rings (SSSR count). The average molecular weight is 429 g/mol. The molecule has 1 heterocycles. The molecule has 3 N–H and O–H groups in total. The van der Waals surface area contributed by atoms with Crippen molar-refractivity contribution in [3.05, 3.63) is 47.5 Å². The fourth-order valence-electron chi connectivity index (χ4n) is 3.81. The maximum absolute atomic E-state index is 11.4. The molecule has 1 unspecified atom stereocenters. The second-order valence-corrected chi connectivity index (χ2v) is 9.71. The van der Waals surface area contributed by atoms with Gasteiger partial charge in [-0.05, 0) is 42.2 Å². The van der Waals surface area contributed by atoms with Gasteiger partial charge in [0.15, 0.2) is 0 Å². The molecule has 0 spiro atoms. The zero-order valence-electron chi connectivity index (χ0n) is 16.8. The topological polar surface area (TPSA) is 117 Å². The Balaban J connectivity index is 1.58. The van der Waals surface area contributed by atoms with E-state index in [0.29, 0.717) is 29.5 Å². The van der Waals surface area contributed by atoms with Crippen LogP contribution in [-0.2, 0) is 16.3 Å². The van der Waals surface area contributed by atoms with Crippen molar-refractivity contribution in [3.63, 3.8) is 0 Å². The van der Waals surface area contributed by atoms with Gasteiger partial charge in [-0.25, -0.2) is 8.42 Å². The van der Waals surface area contributed by atoms with Gasteiger partial charge in [0.05, 0.1) is 11.4 Å². The monoisotopic (exact) mass is 428 g/mol. The lowest BCUT2D eigenvalue weighted by Crippen LogP contribution is -2.25. The molecule has 0 aliphatic heterocycles. The molecule has 0 radical (unpaired) electrons. The molecule has 1 aliphatic carbocycles. The van der Waals surface area contributed by atoms with Gasteiger partial charge in [0.25, 0.3) is 5.89 Å². The summed E-state index contributed by atoms with van der Waals surface area (Å²) in [6.45, 7) is 0.425. The minimum absolute atomic E-state index is 0.114. The summed E-state index contributed by atoms with van der Waals surface area (Å²) < 4.78 is 28.2. The summed E-state index contributed by atoms with van der Waals surface area (Å²) in [6.07, 6.45) is 3.00. The lowest BCUT2D eigenvalue weighted by atomic mass is 10.0. The highest BCUT2D eigenvalue weighted by molar-refractivity contribution is 7.90. The number of rotatable bonds is 7. The number of phenolic OH excluding ortho intramolecular Hbond substituents is 1. The molecule has 0 saturated carbocycles. The molecule has 3 aromatic rings. The van der Waals surface area contributed by atoms with Crippen LogP contribution in [0.25, 0.3) is 22.8 Å². The van der Waals surface area contributed by atoms with Crippen LogP contribution in [0.15, 0.2) is 40.9 Å². The third kappa shape index (κ3) is 4.17. The van der Waals surface area contributed by atoms with Gasteiger partial charge in [-0.3, -0.25) is 0 Å². The first kappa shape index (κ1) is 20.4. The third-order valence-electron chi connectivity index (χ3n) is 5.31. The highest BCUT2D eigenvalue weighted by Gasteiger charge is 2.26. The smallest absolute Gasteiger partial charge is 0.258 e. The van der Waals surface area contributed by atoms with Crippen LogP contribution in [0, 0.1) is 0 Å². The van der Waals surface area contributed by atoms with Crippen molar-refractivity contribution in [2.75, 3.05) is 30.9 Å². The van der Waals surface area contributed by atoms with E-state index in [0.717, 1.165) is 29.5 Å². The minimum Gasteiger partial charge on any atom is -0.506 e. The summed E-state index contributed by atoms with van der Waals surface area (Å²) in [5, 5.41) is 20.3.